The van der Waals surface area contributed by atoms with Gasteiger partial charge in [0.1, 0.15) is 5.75 Å². The van der Waals surface area contributed by atoms with E-state index in [1.165, 1.54) is 11.1 Å². The van der Waals surface area contributed by atoms with Gasteiger partial charge in [0.2, 0.25) is 10.0 Å². The molecule has 0 radical (unpaired) electrons. The number of nitrogens with zero attached hydrogens (tertiary/aromatic N) is 1. The number of fused-ring (bicyclic) bond motifs is 4. The lowest BCUT2D eigenvalue weighted by Gasteiger charge is -2.45. The molecule has 2 N–H and O–H groups in total. The molecule has 7 nitrogen and oxygen atoms in total. The van der Waals surface area contributed by atoms with Crippen LogP contribution in [0.3, 0.4) is 0 Å². The van der Waals surface area contributed by atoms with E-state index in [9.17, 15) is 18.3 Å². The van der Waals surface area contributed by atoms with Gasteiger partial charge in [-0.2, -0.15) is 0 Å². The van der Waals surface area contributed by atoms with Crippen molar-refractivity contribution in [1.82, 2.24) is 4.72 Å². The Morgan fingerprint density at radius 3 is 2.77 bits per heavy atom. The third-order valence-electron chi connectivity index (χ3n) is 9.10. The maximum Gasteiger partial charge on any atom is 0.264 e. The number of halogens is 2. The standard InChI is InChI=1S/C30H34BrClN2O5S/c31-22-4-2-12-40(37,38)33-29(36)20-6-10-28-26(14-20)34(16-21-5-8-24(21)27(35)15-22)17-30(18-39-28)11-1-3-19-13-23(32)7-9-25(19)30/h6-7,9-10,13-15,21,24,27,35H,1-5,8,11-12,16-18H2,(H,33,36)/b22-15+/t21-,24+,27-,30-/m0/s1. The van der Waals surface area contributed by atoms with Gasteiger partial charge in [0, 0.05) is 29.1 Å². The molecule has 0 saturated heterocycles. The number of rotatable bonds is 0. The number of nitrogens with one attached hydrogen (secondary N) is 1. The van der Waals surface area contributed by atoms with E-state index in [0.717, 1.165) is 47.3 Å². The summed E-state index contributed by atoms with van der Waals surface area (Å²) in [5.74, 6) is 0.233. The van der Waals surface area contributed by atoms with E-state index < -0.39 is 22.0 Å². The normalized spacial score (nSPS) is 31.4. The van der Waals surface area contributed by atoms with Crippen LogP contribution in [0.4, 0.5) is 5.69 Å². The number of carbonyl (C=O) groups is 1. The summed E-state index contributed by atoms with van der Waals surface area (Å²) in [5, 5.41) is 11.8. The van der Waals surface area contributed by atoms with Gasteiger partial charge in [-0.3, -0.25) is 4.79 Å². The summed E-state index contributed by atoms with van der Waals surface area (Å²) in [4.78, 5) is 15.4. The Morgan fingerprint density at radius 2 is 1.98 bits per heavy atom. The second-order valence-corrected chi connectivity index (χ2v) is 15.0. The molecular formula is C30H34BrClN2O5S. The quantitative estimate of drug-likeness (QED) is 0.401. The topological polar surface area (TPSA) is 95.9 Å². The maximum absolute atomic E-state index is 13.1. The van der Waals surface area contributed by atoms with Crippen LogP contribution < -0.4 is 14.4 Å². The minimum Gasteiger partial charge on any atom is -0.490 e. The Hall–Kier alpha value is -2.07. The molecule has 1 fully saturated rings. The first-order valence-corrected chi connectivity index (χ1v) is 16.8. The molecule has 1 amide bonds. The van der Waals surface area contributed by atoms with E-state index in [0.29, 0.717) is 38.3 Å². The number of aliphatic hydroxyl groups is 1. The molecule has 2 aromatic carbocycles. The van der Waals surface area contributed by atoms with E-state index >= 15 is 0 Å². The molecule has 1 spiro atoms. The summed E-state index contributed by atoms with van der Waals surface area (Å²) in [6, 6.07) is 11.3. The number of sulfonamides is 1. The van der Waals surface area contributed by atoms with Crippen molar-refractivity contribution in [3.63, 3.8) is 0 Å². The van der Waals surface area contributed by atoms with Gasteiger partial charge in [0.05, 0.1) is 24.2 Å². The monoisotopic (exact) mass is 648 g/mol. The highest BCUT2D eigenvalue weighted by Crippen LogP contribution is 2.46. The highest BCUT2D eigenvalue weighted by atomic mass is 79.9. The van der Waals surface area contributed by atoms with Crippen molar-refractivity contribution >= 4 is 49.1 Å². The summed E-state index contributed by atoms with van der Waals surface area (Å²) in [7, 11) is -3.82. The molecule has 2 bridgehead atoms. The van der Waals surface area contributed by atoms with Gasteiger partial charge < -0.3 is 14.7 Å². The Kier molecular flexibility index (Phi) is 7.70. The number of allylic oxidation sites excluding steroid dienone is 1. The second-order valence-electron chi connectivity index (χ2n) is 11.7. The van der Waals surface area contributed by atoms with Crippen LogP contribution >= 0.6 is 27.5 Å². The second kappa shape index (κ2) is 11.0. The van der Waals surface area contributed by atoms with Crippen LogP contribution in [0.1, 0.15) is 60.0 Å². The molecule has 2 aliphatic heterocycles. The zero-order valence-corrected chi connectivity index (χ0v) is 25.4. The minimum absolute atomic E-state index is 0.108. The van der Waals surface area contributed by atoms with Crippen molar-refractivity contribution in [2.45, 2.75) is 56.5 Å². The van der Waals surface area contributed by atoms with E-state index in [4.69, 9.17) is 16.3 Å². The third-order valence-corrected chi connectivity index (χ3v) is 11.3. The van der Waals surface area contributed by atoms with Crippen molar-refractivity contribution in [3.8, 4) is 5.75 Å². The van der Waals surface area contributed by atoms with E-state index in [1.807, 2.05) is 12.1 Å². The fraction of sp³-hybridized carbons (Fsp3) is 0.500. The lowest BCUT2D eigenvalue weighted by Crippen LogP contribution is -2.49. The Bertz CT molecular complexity index is 1460. The molecule has 4 aliphatic rings. The molecule has 0 aromatic heterocycles. The lowest BCUT2D eigenvalue weighted by atomic mass is 9.68. The van der Waals surface area contributed by atoms with Crippen LogP contribution in [0.2, 0.25) is 5.02 Å². The lowest BCUT2D eigenvalue weighted by molar-refractivity contribution is 0.0455. The average Bonchev–Trinajstić information content (AvgIpc) is 3.02. The molecular weight excluding hydrogens is 616 g/mol. The minimum atomic E-state index is -3.82. The molecule has 10 heteroatoms. The Morgan fingerprint density at radius 1 is 1.12 bits per heavy atom. The smallest absolute Gasteiger partial charge is 0.264 e. The van der Waals surface area contributed by atoms with Gasteiger partial charge in [0.25, 0.3) is 5.91 Å². The van der Waals surface area contributed by atoms with Gasteiger partial charge in [-0.15, -0.1) is 0 Å². The number of aryl methyl sites for hydroxylation is 1. The Balaban J connectivity index is 1.42. The summed E-state index contributed by atoms with van der Waals surface area (Å²) in [6.45, 7) is 1.89. The summed E-state index contributed by atoms with van der Waals surface area (Å²) in [5.41, 5.74) is 3.31. The molecule has 40 heavy (non-hydrogen) atoms. The van der Waals surface area contributed by atoms with Crippen molar-refractivity contribution in [3.05, 3.63) is 68.7 Å². The summed E-state index contributed by atoms with van der Waals surface area (Å²) < 4.78 is 34.9. The molecule has 2 heterocycles. The maximum atomic E-state index is 13.1. The first-order valence-electron chi connectivity index (χ1n) is 14.0. The number of hydrogen-bond donors (Lipinski definition) is 2. The summed E-state index contributed by atoms with van der Waals surface area (Å²) in [6.07, 6.45) is 6.91. The van der Waals surface area contributed by atoms with Gasteiger partial charge in [0.15, 0.2) is 0 Å². The summed E-state index contributed by atoms with van der Waals surface area (Å²) >= 11 is 9.89. The highest BCUT2D eigenvalue weighted by molar-refractivity contribution is 9.11. The van der Waals surface area contributed by atoms with Crippen LogP contribution in [0, 0.1) is 11.8 Å². The first kappa shape index (κ1) is 28.1. The van der Waals surface area contributed by atoms with Crippen LogP contribution in [-0.2, 0) is 21.9 Å². The molecule has 1 saturated carbocycles. The van der Waals surface area contributed by atoms with Crippen molar-refractivity contribution in [2.24, 2.45) is 11.8 Å². The number of ether oxygens (including phenoxy) is 1. The largest absolute Gasteiger partial charge is 0.490 e. The van der Waals surface area contributed by atoms with Crippen LogP contribution in [0.25, 0.3) is 0 Å². The van der Waals surface area contributed by atoms with Crippen molar-refractivity contribution in [2.75, 3.05) is 30.3 Å². The van der Waals surface area contributed by atoms with Gasteiger partial charge in [-0.25, -0.2) is 13.1 Å². The number of carbonyl (C=O) groups excluding carboxylic acids is 1. The Labute approximate surface area is 249 Å². The van der Waals surface area contributed by atoms with Crippen LogP contribution in [-0.4, -0.2) is 51.0 Å². The number of aliphatic hydroxyl groups excluding tert-OH is 1. The molecule has 4 atom stereocenters. The van der Waals surface area contributed by atoms with Gasteiger partial charge >= 0.3 is 0 Å². The zero-order chi connectivity index (χ0) is 28.1. The first-order chi connectivity index (χ1) is 19.1. The fourth-order valence-corrected chi connectivity index (χ4v) is 8.66. The molecule has 2 aromatic rings. The van der Waals surface area contributed by atoms with E-state index in [-0.39, 0.29) is 28.6 Å². The van der Waals surface area contributed by atoms with E-state index in [2.05, 4.69) is 37.7 Å². The fourth-order valence-electron chi connectivity index (χ4n) is 6.88. The molecule has 214 valence electrons. The van der Waals surface area contributed by atoms with Gasteiger partial charge in [-0.1, -0.05) is 33.6 Å². The molecule has 6 rings (SSSR count). The molecule has 0 unspecified atom stereocenters. The van der Waals surface area contributed by atoms with Gasteiger partial charge in [-0.05, 0) is 109 Å². The number of hydrogen-bond acceptors (Lipinski definition) is 6. The van der Waals surface area contributed by atoms with Crippen molar-refractivity contribution < 1.29 is 23.1 Å². The highest BCUT2D eigenvalue weighted by Gasteiger charge is 2.44. The zero-order valence-electron chi connectivity index (χ0n) is 22.2. The van der Waals surface area contributed by atoms with Crippen LogP contribution in [0.5, 0.6) is 5.75 Å². The molecule has 2 aliphatic carbocycles. The number of anilines is 1. The average molecular weight is 650 g/mol. The predicted molar refractivity (Wildman–Crippen MR) is 160 cm³/mol. The van der Waals surface area contributed by atoms with Crippen LogP contribution in [0.15, 0.2) is 47.0 Å². The van der Waals surface area contributed by atoms with Crippen molar-refractivity contribution in [1.29, 1.82) is 0 Å². The number of benzene rings is 2. The van der Waals surface area contributed by atoms with E-state index in [1.54, 1.807) is 18.2 Å². The third kappa shape index (κ3) is 5.54. The SMILES string of the molecule is O=C1NS(=O)(=O)CCC/C(Br)=C\[C@H](O)[C@@H]2CC[C@H]2CN2C[C@@]3(CCCc4cc(Cl)ccc43)COc3ccc1cc32. The number of amides is 1. The predicted octanol–water partition coefficient (Wildman–Crippen LogP) is 5.33.